The SMILES string of the molecule is CC1CCCCC1n1c(N)n[nH]c1=S. The highest BCUT2D eigenvalue weighted by Gasteiger charge is 2.24. The number of hydrogen-bond donors (Lipinski definition) is 2. The monoisotopic (exact) mass is 212 g/mol. The van der Waals surface area contributed by atoms with E-state index in [0.29, 0.717) is 22.7 Å². The molecule has 78 valence electrons. The molecular weight excluding hydrogens is 196 g/mol. The minimum atomic E-state index is 0.440. The molecule has 5 heteroatoms. The number of rotatable bonds is 1. The van der Waals surface area contributed by atoms with Crippen LogP contribution in [0.25, 0.3) is 0 Å². The fraction of sp³-hybridized carbons (Fsp3) is 0.778. The molecule has 2 atom stereocenters. The van der Waals surface area contributed by atoms with Crippen molar-refractivity contribution in [2.45, 2.75) is 38.6 Å². The Hall–Kier alpha value is -0.840. The quantitative estimate of drug-likeness (QED) is 0.702. The number of H-pyrrole nitrogens is 1. The number of nitrogens with one attached hydrogen (secondary N) is 1. The van der Waals surface area contributed by atoms with Crippen molar-refractivity contribution >= 4 is 18.2 Å². The van der Waals surface area contributed by atoms with Crippen molar-refractivity contribution in [2.75, 3.05) is 5.73 Å². The number of nitrogen functional groups attached to an aromatic ring is 1. The zero-order chi connectivity index (χ0) is 10.1. The molecule has 0 bridgehead atoms. The van der Waals surface area contributed by atoms with Crippen LogP contribution in [-0.4, -0.2) is 14.8 Å². The summed E-state index contributed by atoms with van der Waals surface area (Å²) in [6, 6.07) is 0.440. The summed E-state index contributed by atoms with van der Waals surface area (Å²) in [5.74, 6) is 1.17. The molecule has 1 saturated carbocycles. The standard InChI is InChI=1S/C9H16N4S/c1-6-4-2-3-5-7(6)13-8(10)11-12-9(13)14/h6-7H,2-5H2,1H3,(H2,10,11)(H,12,14). The third kappa shape index (κ3) is 1.56. The van der Waals surface area contributed by atoms with Crippen molar-refractivity contribution in [1.82, 2.24) is 14.8 Å². The van der Waals surface area contributed by atoms with Crippen molar-refractivity contribution < 1.29 is 0 Å². The van der Waals surface area contributed by atoms with Gasteiger partial charge in [0.2, 0.25) is 5.95 Å². The molecule has 0 saturated heterocycles. The van der Waals surface area contributed by atoms with Gasteiger partial charge in [-0.3, -0.25) is 4.57 Å². The molecule has 1 aromatic heterocycles. The van der Waals surface area contributed by atoms with Crippen molar-refractivity contribution in [2.24, 2.45) is 5.92 Å². The van der Waals surface area contributed by atoms with Gasteiger partial charge in [0.25, 0.3) is 0 Å². The first-order chi connectivity index (χ1) is 6.70. The molecule has 1 aromatic rings. The highest BCUT2D eigenvalue weighted by Crippen LogP contribution is 2.34. The van der Waals surface area contributed by atoms with Crippen molar-refractivity contribution in [3.05, 3.63) is 4.77 Å². The first-order valence-electron chi connectivity index (χ1n) is 5.12. The molecule has 0 aliphatic heterocycles. The van der Waals surface area contributed by atoms with Crippen molar-refractivity contribution in [3.63, 3.8) is 0 Å². The van der Waals surface area contributed by atoms with Gasteiger partial charge in [-0.15, -0.1) is 5.10 Å². The van der Waals surface area contributed by atoms with Crippen molar-refractivity contribution in [3.8, 4) is 0 Å². The Bertz CT molecular complexity index is 367. The summed E-state index contributed by atoms with van der Waals surface area (Å²) in [7, 11) is 0. The predicted octanol–water partition coefficient (Wildman–Crippen LogP) is 2.27. The lowest BCUT2D eigenvalue weighted by molar-refractivity contribution is 0.257. The van der Waals surface area contributed by atoms with Crippen LogP contribution in [0.15, 0.2) is 0 Å². The highest BCUT2D eigenvalue weighted by atomic mass is 32.1. The Morgan fingerprint density at radius 1 is 1.50 bits per heavy atom. The number of hydrogen-bond acceptors (Lipinski definition) is 3. The van der Waals surface area contributed by atoms with E-state index in [1.807, 2.05) is 4.57 Å². The van der Waals surface area contributed by atoms with Gasteiger partial charge in [-0.25, -0.2) is 5.10 Å². The van der Waals surface area contributed by atoms with Gasteiger partial charge in [-0.2, -0.15) is 0 Å². The molecule has 2 unspecified atom stereocenters. The van der Waals surface area contributed by atoms with Gasteiger partial charge >= 0.3 is 0 Å². The molecule has 14 heavy (non-hydrogen) atoms. The molecule has 4 nitrogen and oxygen atoms in total. The van der Waals surface area contributed by atoms with Crippen LogP contribution in [0.2, 0.25) is 0 Å². The first-order valence-corrected chi connectivity index (χ1v) is 5.53. The number of nitrogens with two attached hydrogens (primary N) is 1. The van der Waals surface area contributed by atoms with Crippen LogP contribution in [0.4, 0.5) is 5.95 Å². The lowest BCUT2D eigenvalue weighted by atomic mass is 9.86. The van der Waals surface area contributed by atoms with E-state index in [4.69, 9.17) is 18.0 Å². The fourth-order valence-electron chi connectivity index (χ4n) is 2.32. The average Bonchev–Trinajstić information content (AvgIpc) is 2.48. The Balaban J connectivity index is 2.33. The van der Waals surface area contributed by atoms with Gasteiger partial charge in [-0.05, 0) is 31.0 Å². The van der Waals surface area contributed by atoms with Crippen LogP contribution in [0.1, 0.15) is 38.6 Å². The summed E-state index contributed by atoms with van der Waals surface area (Å²) in [6.45, 7) is 2.26. The van der Waals surface area contributed by atoms with Crippen LogP contribution in [0, 0.1) is 10.7 Å². The maximum Gasteiger partial charge on any atom is 0.220 e. The third-order valence-corrected chi connectivity index (χ3v) is 3.42. The molecular formula is C9H16N4S. The Morgan fingerprint density at radius 3 is 2.79 bits per heavy atom. The van der Waals surface area contributed by atoms with Gasteiger partial charge in [0.1, 0.15) is 0 Å². The normalized spacial score (nSPS) is 27.8. The number of aromatic nitrogens is 3. The average molecular weight is 212 g/mol. The summed E-state index contributed by atoms with van der Waals surface area (Å²) >= 11 is 5.17. The second-order valence-electron chi connectivity index (χ2n) is 4.09. The zero-order valence-electron chi connectivity index (χ0n) is 8.36. The third-order valence-electron chi connectivity index (χ3n) is 3.13. The summed E-state index contributed by atoms with van der Waals surface area (Å²) < 4.78 is 2.63. The summed E-state index contributed by atoms with van der Waals surface area (Å²) in [6.07, 6.45) is 5.01. The van der Waals surface area contributed by atoms with E-state index in [1.54, 1.807) is 0 Å². The molecule has 1 heterocycles. The molecule has 1 aliphatic carbocycles. The summed E-state index contributed by atoms with van der Waals surface area (Å²) in [5.41, 5.74) is 5.79. The Labute approximate surface area is 88.5 Å². The summed E-state index contributed by atoms with van der Waals surface area (Å²) in [4.78, 5) is 0. The molecule has 1 fully saturated rings. The van der Waals surface area contributed by atoms with E-state index in [9.17, 15) is 0 Å². The molecule has 2 rings (SSSR count). The van der Waals surface area contributed by atoms with Gasteiger partial charge in [0, 0.05) is 6.04 Å². The lowest BCUT2D eigenvalue weighted by Crippen LogP contribution is -2.22. The maximum absolute atomic E-state index is 5.79. The Morgan fingerprint density at radius 2 is 2.21 bits per heavy atom. The molecule has 1 aliphatic rings. The maximum atomic E-state index is 5.79. The minimum Gasteiger partial charge on any atom is -0.368 e. The van der Waals surface area contributed by atoms with E-state index in [-0.39, 0.29) is 0 Å². The van der Waals surface area contributed by atoms with E-state index in [1.165, 1.54) is 25.7 Å². The van der Waals surface area contributed by atoms with Gasteiger partial charge in [0.05, 0.1) is 0 Å². The van der Waals surface area contributed by atoms with Crippen LogP contribution < -0.4 is 5.73 Å². The van der Waals surface area contributed by atoms with E-state index in [0.717, 1.165) is 0 Å². The number of anilines is 1. The molecule has 0 radical (unpaired) electrons. The smallest absolute Gasteiger partial charge is 0.220 e. The van der Waals surface area contributed by atoms with E-state index >= 15 is 0 Å². The molecule has 0 spiro atoms. The second-order valence-corrected chi connectivity index (χ2v) is 4.47. The zero-order valence-corrected chi connectivity index (χ0v) is 9.18. The van der Waals surface area contributed by atoms with Crippen LogP contribution in [-0.2, 0) is 0 Å². The van der Waals surface area contributed by atoms with E-state index in [2.05, 4.69) is 17.1 Å². The molecule has 3 N–H and O–H groups in total. The lowest BCUT2D eigenvalue weighted by Gasteiger charge is -2.29. The number of aromatic amines is 1. The van der Waals surface area contributed by atoms with Gasteiger partial charge in [-0.1, -0.05) is 19.8 Å². The molecule has 0 aromatic carbocycles. The number of nitrogens with zero attached hydrogens (tertiary/aromatic N) is 2. The Kier molecular flexibility index (Phi) is 2.58. The topological polar surface area (TPSA) is 59.6 Å². The van der Waals surface area contributed by atoms with Crippen LogP contribution in [0.3, 0.4) is 0 Å². The molecule has 0 amide bonds. The summed E-state index contributed by atoms with van der Waals surface area (Å²) in [5, 5.41) is 6.69. The largest absolute Gasteiger partial charge is 0.368 e. The minimum absolute atomic E-state index is 0.440. The van der Waals surface area contributed by atoms with Gasteiger partial charge in [0.15, 0.2) is 4.77 Å². The van der Waals surface area contributed by atoms with Gasteiger partial charge < -0.3 is 5.73 Å². The fourth-order valence-corrected chi connectivity index (χ4v) is 2.59. The second kappa shape index (κ2) is 3.73. The van der Waals surface area contributed by atoms with E-state index < -0.39 is 0 Å². The first kappa shape index (κ1) is 9.71. The highest BCUT2D eigenvalue weighted by molar-refractivity contribution is 7.71. The predicted molar refractivity (Wildman–Crippen MR) is 58.5 cm³/mol. The van der Waals surface area contributed by atoms with Crippen molar-refractivity contribution in [1.29, 1.82) is 0 Å². The van der Waals surface area contributed by atoms with Crippen LogP contribution in [0.5, 0.6) is 0 Å². The van der Waals surface area contributed by atoms with Crippen LogP contribution >= 0.6 is 12.2 Å².